The van der Waals surface area contributed by atoms with Gasteiger partial charge in [-0.05, 0) is 43.7 Å². The van der Waals surface area contributed by atoms with Gasteiger partial charge in [-0.25, -0.2) is 14.8 Å². The number of fused-ring (bicyclic) bond motifs is 1. The molecule has 4 aromatic rings. The van der Waals surface area contributed by atoms with Crippen LogP contribution in [0.2, 0.25) is 0 Å². The van der Waals surface area contributed by atoms with Gasteiger partial charge in [0.25, 0.3) is 5.91 Å². The second kappa shape index (κ2) is 10.2. The van der Waals surface area contributed by atoms with E-state index in [1.54, 1.807) is 17.2 Å². The van der Waals surface area contributed by atoms with E-state index >= 15 is 0 Å². The number of aromatic nitrogens is 2. The van der Waals surface area contributed by atoms with Crippen LogP contribution in [0.25, 0.3) is 22.2 Å². The maximum absolute atomic E-state index is 13.2. The van der Waals surface area contributed by atoms with Crippen LogP contribution in [-0.2, 0) is 9.53 Å². The van der Waals surface area contributed by atoms with Gasteiger partial charge in [-0.3, -0.25) is 4.79 Å². The lowest BCUT2D eigenvalue weighted by Gasteiger charge is -2.35. The first-order valence-corrected chi connectivity index (χ1v) is 12.1. The Labute approximate surface area is 210 Å². The number of anilines is 1. The van der Waals surface area contributed by atoms with E-state index in [1.165, 1.54) is 0 Å². The Hall–Kier alpha value is -4.26. The Balaban J connectivity index is 1.29. The van der Waals surface area contributed by atoms with Crippen LogP contribution in [0.3, 0.4) is 0 Å². The number of pyridine rings is 2. The summed E-state index contributed by atoms with van der Waals surface area (Å²) in [6.45, 7) is 6.27. The monoisotopic (exact) mass is 480 g/mol. The van der Waals surface area contributed by atoms with Crippen molar-refractivity contribution in [1.29, 1.82) is 0 Å². The van der Waals surface area contributed by atoms with Crippen molar-refractivity contribution in [2.75, 3.05) is 37.7 Å². The van der Waals surface area contributed by atoms with Gasteiger partial charge in [-0.1, -0.05) is 48.0 Å². The van der Waals surface area contributed by atoms with E-state index in [-0.39, 0.29) is 12.5 Å². The summed E-state index contributed by atoms with van der Waals surface area (Å²) in [5.74, 6) is 0.178. The lowest BCUT2D eigenvalue weighted by atomic mass is 9.99. The average molecular weight is 481 g/mol. The first-order valence-electron chi connectivity index (χ1n) is 12.1. The Morgan fingerprint density at radius 1 is 0.917 bits per heavy atom. The van der Waals surface area contributed by atoms with Gasteiger partial charge in [0.1, 0.15) is 5.82 Å². The second-order valence-electron chi connectivity index (χ2n) is 9.02. The highest BCUT2D eigenvalue weighted by molar-refractivity contribution is 6.05. The molecule has 5 rings (SSSR count). The highest BCUT2D eigenvalue weighted by atomic mass is 16.5. The second-order valence-corrected chi connectivity index (χ2v) is 9.02. The van der Waals surface area contributed by atoms with Crippen molar-refractivity contribution in [2.45, 2.75) is 13.8 Å². The molecule has 1 aliphatic heterocycles. The Kier molecular flexibility index (Phi) is 6.62. The highest BCUT2D eigenvalue weighted by Crippen LogP contribution is 2.28. The van der Waals surface area contributed by atoms with Crippen molar-refractivity contribution in [3.8, 4) is 11.3 Å². The summed E-state index contributed by atoms with van der Waals surface area (Å²) >= 11 is 0. The number of hydrogen-bond donors (Lipinski definition) is 0. The molecule has 0 saturated carbocycles. The predicted molar refractivity (Wildman–Crippen MR) is 140 cm³/mol. The number of hydrogen-bond acceptors (Lipinski definition) is 6. The fourth-order valence-corrected chi connectivity index (χ4v) is 4.61. The van der Waals surface area contributed by atoms with Crippen LogP contribution in [-0.4, -0.2) is 59.5 Å². The number of benzene rings is 2. The fraction of sp³-hybridized carbons (Fsp3) is 0.241. The van der Waals surface area contributed by atoms with Crippen molar-refractivity contribution >= 4 is 28.6 Å². The zero-order valence-electron chi connectivity index (χ0n) is 20.5. The van der Waals surface area contributed by atoms with Crippen LogP contribution in [0.5, 0.6) is 0 Å². The molecule has 1 amide bonds. The summed E-state index contributed by atoms with van der Waals surface area (Å²) in [6.07, 6.45) is 1.76. The average Bonchev–Trinajstić information content (AvgIpc) is 2.91. The molecule has 2 aromatic carbocycles. The number of nitrogens with zero attached hydrogens (tertiary/aromatic N) is 4. The molecule has 7 nitrogen and oxygen atoms in total. The minimum Gasteiger partial charge on any atom is -0.452 e. The number of carbonyl (C=O) groups excluding carboxylic acids is 2. The summed E-state index contributed by atoms with van der Waals surface area (Å²) in [4.78, 5) is 39.0. The third kappa shape index (κ3) is 4.91. The number of piperazine rings is 1. The number of carbonyl (C=O) groups is 2. The summed E-state index contributed by atoms with van der Waals surface area (Å²) < 4.78 is 5.52. The highest BCUT2D eigenvalue weighted by Gasteiger charge is 2.23. The Morgan fingerprint density at radius 2 is 1.69 bits per heavy atom. The zero-order valence-corrected chi connectivity index (χ0v) is 20.5. The Morgan fingerprint density at radius 3 is 2.44 bits per heavy atom. The predicted octanol–water partition coefficient (Wildman–Crippen LogP) is 4.42. The third-order valence-electron chi connectivity index (χ3n) is 6.53. The number of esters is 1. The molecule has 0 radical (unpaired) electrons. The van der Waals surface area contributed by atoms with Gasteiger partial charge < -0.3 is 14.5 Å². The van der Waals surface area contributed by atoms with Crippen LogP contribution < -0.4 is 4.90 Å². The molecule has 0 N–H and O–H groups in total. The van der Waals surface area contributed by atoms with Crippen molar-refractivity contribution < 1.29 is 14.3 Å². The normalized spacial score (nSPS) is 13.6. The zero-order chi connectivity index (χ0) is 25.1. The summed E-state index contributed by atoms with van der Waals surface area (Å²) in [5, 5.41) is 0.701. The van der Waals surface area contributed by atoms with Gasteiger partial charge >= 0.3 is 5.97 Å². The number of para-hydroxylation sites is 1. The van der Waals surface area contributed by atoms with E-state index in [0.717, 1.165) is 22.5 Å². The summed E-state index contributed by atoms with van der Waals surface area (Å²) in [7, 11) is 0. The number of aryl methyl sites for hydroxylation is 2. The molecule has 1 saturated heterocycles. The van der Waals surface area contributed by atoms with E-state index < -0.39 is 5.97 Å². The minimum absolute atomic E-state index is 0.197. The van der Waals surface area contributed by atoms with E-state index in [9.17, 15) is 9.59 Å². The van der Waals surface area contributed by atoms with Gasteiger partial charge in [0.2, 0.25) is 0 Å². The van der Waals surface area contributed by atoms with Gasteiger partial charge in [-0.2, -0.15) is 0 Å². The van der Waals surface area contributed by atoms with E-state index in [4.69, 9.17) is 9.72 Å². The molecule has 0 unspecified atom stereocenters. The molecule has 182 valence electrons. The van der Waals surface area contributed by atoms with E-state index in [0.29, 0.717) is 48.3 Å². The first kappa shape index (κ1) is 23.5. The lowest BCUT2D eigenvalue weighted by molar-refractivity contribution is -0.134. The van der Waals surface area contributed by atoms with E-state index in [2.05, 4.69) is 16.0 Å². The molecular formula is C29H28N4O3. The number of ether oxygens (including phenoxy) is 1. The smallest absolute Gasteiger partial charge is 0.339 e. The van der Waals surface area contributed by atoms with Crippen molar-refractivity contribution in [2.24, 2.45) is 0 Å². The summed E-state index contributed by atoms with van der Waals surface area (Å²) in [5.41, 5.74) is 5.02. The van der Waals surface area contributed by atoms with Crippen LogP contribution in [0.1, 0.15) is 21.5 Å². The lowest BCUT2D eigenvalue weighted by Crippen LogP contribution is -2.50. The van der Waals surface area contributed by atoms with Gasteiger partial charge in [-0.15, -0.1) is 0 Å². The van der Waals surface area contributed by atoms with Crippen LogP contribution in [0.15, 0.2) is 72.9 Å². The molecule has 0 bridgehead atoms. The molecular weight excluding hydrogens is 452 g/mol. The molecule has 0 aliphatic carbocycles. The summed E-state index contributed by atoms with van der Waals surface area (Å²) in [6, 6.07) is 21.2. The maximum atomic E-state index is 13.2. The molecule has 1 fully saturated rings. The molecule has 0 atom stereocenters. The topological polar surface area (TPSA) is 75.6 Å². The van der Waals surface area contributed by atoms with Gasteiger partial charge in [0.15, 0.2) is 6.61 Å². The molecule has 36 heavy (non-hydrogen) atoms. The van der Waals surface area contributed by atoms with E-state index in [1.807, 2.05) is 68.4 Å². The standard InChI is InChI=1S/C29H28N4O3/c1-20-10-11-22(21(2)17-20)26-18-24(23-7-3-4-8-25(23)31-26)29(35)36-19-28(34)33-15-13-32(14-16-33)27-9-5-6-12-30-27/h3-12,17-18H,13-16,19H2,1-2H3. The van der Waals surface area contributed by atoms with Gasteiger partial charge in [0, 0.05) is 43.3 Å². The largest absolute Gasteiger partial charge is 0.452 e. The SMILES string of the molecule is Cc1ccc(-c2cc(C(=O)OCC(=O)N3CCN(c4ccccn4)CC3)c3ccccc3n2)c(C)c1. The molecule has 7 heteroatoms. The minimum atomic E-state index is -0.528. The van der Waals surface area contributed by atoms with Crippen molar-refractivity contribution in [1.82, 2.24) is 14.9 Å². The fourth-order valence-electron chi connectivity index (χ4n) is 4.61. The third-order valence-corrected chi connectivity index (χ3v) is 6.53. The van der Waals surface area contributed by atoms with Crippen molar-refractivity contribution in [3.05, 3.63) is 89.6 Å². The molecule has 0 spiro atoms. The molecule has 3 heterocycles. The Bertz CT molecular complexity index is 1410. The molecule has 1 aliphatic rings. The number of amides is 1. The molecule has 2 aromatic heterocycles. The van der Waals surface area contributed by atoms with Crippen LogP contribution in [0.4, 0.5) is 5.82 Å². The quantitative estimate of drug-likeness (QED) is 0.394. The van der Waals surface area contributed by atoms with Gasteiger partial charge in [0.05, 0.1) is 16.8 Å². The first-order chi connectivity index (χ1) is 17.5. The number of rotatable bonds is 5. The van der Waals surface area contributed by atoms with Crippen LogP contribution >= 0.6 is 0 Å². The van der Waals surface area contributed by atoms with Crippen LogP contribution in [0, 0.1) is 13.8 Å². The van der Waals surface area contributed by atoms with Crippen molar-refractivity contribution in [3.63, 3.8) is 0 Å². The maximum Gasteiger partial charge on any atom is 0.339 e.